The second-order valence-electron chi connectivity index (χ2n) is 3.68. The minimum absolute atomic E-state index is 0.545. The van der Waals surface area contributed by atoms with Crippen molar-refractivity contribution in [3.8, 4) is 11.5 Å². The van der Waals surface area contributed by atoms with E-state index in [9.17, 15) is 0 Å². The van der Waals surface area contributed by atoms with E-state index in [2.05, 4.69) is 5.32 Å². The normalized spacial score (nSPS) is 10.3. The van der Waals surface area contributed by atoms with Gasteiger partial charge in [0.05, 0.1) is 20.3 Å². The van der Waals surface area contributed by atoms with Crippen LogP contribution in [0.15, 0.2) is 24.3 Å². The van der Waals surface area contributed by atoms with Crippen LogP contribution in [0.25, 0.3) is 0 Å². The molecular weight excluding hydrogens is 232 g/mol. The molecule has 102 valence electrons. The van der Waals surface area contributed by atoms with Gasteiger partial charge < -0.3 is 25.3 Å². The lowest BCUT2D eigenvalue weighted by Gasteiger charge is -2.08. The first-order valence-electron chi connectivity index (χ1n) is 6.12. The van der Waals surface area contributed by atoms with E-state index in [1.54, 1.807) is 7.11 Å². The topological polar surface area (TPSA) is 65.7 Å². The van der Waals surface area contributed by atoms with Crippen LogP contribution < -0.4 is 20.5 Å². The van der Waals surface area contributed by atoms with E-state index in [4.69, 9.17) is 19.9 Å². The molecule has 1 aromatic rings. The maximum Gasteiger partial charge on any atom is 0.119 e. The standard InChI is InChI=1S/C13H22N2O3/c1-16-12-2-4-13(5-3-12)18-11-10-17-9-8-15-7-6-14/h2-5,15H,6-11,14H2,1H3. The number of hydrogen-bond acceptors (Lipinski definition) is 5. The van der Waals surface area contributed by atoms with Crippen LogP contribution in [0.3, 0.4) is 0 Å². The molecule has 0 atom stereocenters. The van der Waals surface area contributed by atoms with Crippen molar-refractivity contribution in [1.82, 2.24) is 5.32 Å². The molecule has 0 aliphatic carbocycles. The predicted molar refractivity (Wildman–Crippen MR) is 71.2 cm³/mol. The highest BCUT2D eigenvalue weighted by Crippen LogP contribution is 2.16. The van der Waals surface area contributed by atoms with Crippen LogP contribution >= 0.6 is 0 Å². The smallest absolute Gasteiger partial charge is 0.119 e. The highest BCUT2D eigenvalue weighted by atomic mass is 16.5. The van der Waals surface area contributed by atoms with Gasteiger partial charge in [-0.15, -0.1) is 0 Å². The highest BCUT2D eigenvalue weighted by Gasteiger charge is 1.95. The third-order valence-electron chi connectivity index (χ3n) is 2.30. The molecule has 0 aromatic heterocycles. The van der Waals surface area contributed by atoms with E-state index in [0.29, 0.717) is 26.4 Å². The van der Waals surface area contributed by atoms with Crippen molar-refractivity contribution in [1.29, 1.82) is 0 Å². The fraction of sp³-hybridized carbons (Fsp3) is 0.538. The Morgan fingerprint density at radius 1 is 1.00 bits per heavy atom. The maximum absolute atomic E-state index is 5.51. The molecule has 5 nitrogen and oxygen atoms in total. The van der Waals surface area contributed by atoms with Gasteiger partial charge in [-0.2, -0.15) is 0 Å². The van der Waals surface area contributed by atoms with Crippen LogP contribution in [-0.4, -0.2) is 46.6 Å². The van der Waals surface area contributed by atoms with Gasteiger partial charge in [0.25, 0.3) is 0 Å². The van der Waals surface area contributed by atoms with E-state index in [0.717, 1.165) is 24.6 Å². The summed E-state index contributed by atoms with van der Waals surface area (Å²) in [5, 5.41) is 3.15. The van der Waals surface area contributed by atoms with Crippen LogP contribution in [0.5, 0.6) is 11.5 Å². The Morgan fingerprint density at radius 3 is 2.39 bits per heavy atom. The molecule has 0 radical (unpaired) electrons. The summed E-state index contributed by atoms with van der Waals surface area (Å²) in [6, 6.07) is 7.49. The number of ether oxygens (including phenoxy) is 3. The summed E-state index contributed by atoms with van der Waals surface area (Å²) < 4.78 is 16.0. The first-order valence-corrected chi connectivity index (χ1v) is 6.12. The number of benzene rings is 1. The zero-order chi connectivity index (χ0) is 13.1. The molecule has 18 heavy (non-hydrogen) atoms. The van der Waals surface area contributed by atoms with Crippen LogP contribution in [0.1, 0.15) is 0 Å². The summed E-state index contributed by atoms with van der Waals surface area (Å²) in [6.45, 7) is 4.09. The largest absolute Gasteiger partial charge is 0.497 e. The predicted octanol–water partition coefficient (Wildman–Crippen LogP) is 0.639. The summed E-state index contributed by atoms with van der Waals surface area (Å²) in [4.78, 5) is 0. The van der Waals surface area contributed by atoms with Crippen molar-refractivity contribution in [3.63, 3.8) is 0 Å². The summed E-state index contributed by atoms with van der Waals surface area (Å²) in [6.07, 6.45) is 0. The van der Waals surface area contributed by atoms with Gasteiger partial charge in [-0.3, -0.25) is 0 Å². The first kappa shape index (κ1) is 14.8. The second kappa shape index (κ2) is 9.70. The lowest BCUT2D eigenvalue weighted by Crippen LogP contribution is -2.26. The van der Waals surface area contributed by atoms with E-state index in [1.807, 2.05) is 24.3 Å². The number of hydrogen-bond donors (Lipinski definition) is 2. The molecule has 0 aliphatic heterocycles. The monoisotopic (exact) mass is 254 g/mol. The van der Waals surface area contributed by atoms with E-state index >= 15 is 0 Å². The molecule has 1 aromatic carbocycles. The van der Waals surface area contributed by atoms with Crippen molar-refractivity contribution in [2.75, 3.05) is 46.6 Å². The zero-order valence-electron chi connectivity index (χ0n) is 10.9. The Kier molecular flexibility index (Phi) is 7.96. The molecule has 0 spiro atoms. The van der Waals surface area contributed by atoms with Gasteiger partial charge in [0, 0.05) is 19.6 Å². The minimum Gasteiger partial charge on any atom is -0.497 e. The molecular formula is C13H22N2O3. The second-order valence-corrected chi connectivity index (χ2v) is 3.68. The van der Waals surface area contributed by atoms with Gasteiger partial charge in [0.2, 0.25) is 0 Å². The van der Waals surface area contributed by atoms with Crippen LogP contribution in [0.2, 0.25) is 0 Å². The molecule has 0 bridgehead atoms. The number of nitrogens with one attached hydrogen (secondary N) is 1. The number of nitrogens with two attached hydrogens (primary N) is 1. The SMILES string of the molecule is COc1ccc(OCCOCCNCCN)cc1. The summed E-state index contributed by atoms with van der Waals surface area (Å²) in [7, 11) is 1.64. The third-order valence-corrected chi connectivity index (χ3v) is 2.30. The molecule has 0 saturated carbocycles. The Bertz CT molecular complexity index is 304. The quantitative estimate of drug-likeness (QED) is 0.600. The fourth-order valence-corrected chi connectivity index (χ4v) is 1.36. The molecule has 0 unspecified atom stereocenters. The Hall–Kier alpha value is -1.30. The Labute approximate surface area is 108 Å². The molecule has 0 amide bonds. The lowest BCUT2D eigenvalue weighted by molar-refractivity contribution is 0.102. The molecule has 3 N–H and O–H groups in total. The van der Waals surface area contributed by atoms with Gasteiger partial charge in [-0.05, 0) is 24.3 Å². The van der Waals surface area contributed by atoms with Crippen LogP contribution in [-0.2, 0) is 4.74 Å². The molecule has 1 rings (SSSR count). The van der Waals surface area contributed by atoms with Gasteiger partial charge in [0.15, 0.2) is 0 Å². The number of rotatable bonds is 10. The van der Waals surface area contributed by atoms with Crippen molar-refractivity contribution >= 4 is 0 Å². The van der Waals surface area contributed by atoms with Gasteiger partial charge in [-0.1, -0.05) is 0 Å². The lowest BCUT2D eigenvalue weighted by atomic mass is 10.3. The number of methoxy groups -OCH3 is 1. The zero-order valence-corrected chi connectivity index (χ0v) is 10.9. The average molecular weight is 254 g/mol. The maximum atomic E-state index is 5.51. The molecule has 0 saturated heterocycles. The van der Waals surface area contributed by atoms with Gasteiger partial charge in [-0.25, -0.2) is 0 Å². The Morgan fingerprint density at radius 2 is 1.72 bits per heavy atom. The molecule has 0 heterocycles. The molecule has 5 heteroatoms. The summed E-state index contributed by atoms with van der Waals surface area (Å²) in [5.74, 6) is 1.64. The van der Waals surface area contributed by atoms with Crippen LogP contribution in [0.4, 0.5) is 0 Å². The average Bonchev–Trinajstić information content (AvgIpc) is 2.42. The van der Waals surface area contributed by atoms with Crippen LogP contribution in [0, 0.1) is 0 Å². The van der Waals surface area contributed by atoms with Crippen molar-refractivity contribution < 1.29 is 14.2 Å². The minimum atomic E-state index is 0.545. The van der Waals surface area contributed by atoms with Crippen molar-refractivity contribution in [2.24, 2.45) is 5.73 Å². The molecule has 0 fully saturated rings. The first-order chi connectivity index (χ1) is 8.86. The molecule has 0 aliphatic rings. The van der Waals surface area contributed by atoms with E-state index in [-0.39, 0.29) is 0 Å². The van der Waals surface area contributed by atoms with E-state index in [1.165, 1.54) is 0 Å². The highest BCUT2D eigenvalue weighted by molar-refractivity contribution is 5.31. The van der Waals surface area contributed by atoms with Gasteiger partial charge >= 0.3 is 0 Å². The van der Waals surface area contributed by atoms with Crippen molar-refractivity contribution in [2.45, 2.75) is 0 Å². The van der Waals surface area contributed by atoms with Gasteiger partial charge in [0.1, 0.15) is 18.1 Å². The summed E-state index contributed by atoms with van der Waals surface area (Å²) >= 11 is 0. The summed E-state index contributed by atoms with van der Waals surface area (Å²) in [5.41, 5.74) is 5.34. The Balaban J connectivity index is 2.00. The van der Waals surface area contributed by atoms with E-state index < -0.39 is 0 Å². The fourth-order valence-electron chi connectivity index (χ4n) is 1.36. The third kappa shape index (κ3) is 6.44. The van der Waals surface area contributed by atoms with Crippen molar-refractivity contribution in [3.05, 3.63) is 24.3 Å².